The fourth-order valence-electron chi connectivity index (χ4n) is 2.42. The van der Waals surface area contributed by atoms with Gasteiger partial charge in [0.15, 0.2) is 0 Å². The molecule has 2 N–H and O–H groups in total. The van der Waals surface area contributed by atoms with Gasteiger partial charge in [-0.1, -0.05) is 6.07 Å². The summed E-state index contributed by atoms with van der Waals surface area (Å²) in [5.41, 5.74) is 0.945. The molecule has 1 aromatic heterocycles. The Balaban J connectivity index is 2.42. The van der Waals surface area contributed by atoms with E-state index in [0.717, 1.165) is 5.52 Å². The summed E-state index contributed by atoms with van der Waals surface area (Å²) in [6.45, 7) is 3.16. The first-order valence-corrected chi connectivity index (χ1v) is 6.72. The Kier molecular flexibility index (Phi) is 3.67. The van der Waals surface area contributed by atoms with Gasteiger partial charge in [-0.3, -0.25) is 13.9 Å². The minimum atomic E-state index is -1.02. The molecule has 2 aromatic rings. The summed E-state index contributed by atoms with van der Waals surface area (Å²) >= 11 is 0. The van der Waals surface area contributed by atoms with Gasteiger partial charge in [0.2, 0.25) is 0 Å². The monoisotopic (exact) mass is 292 g/mol. The second-order valence-electron chi connectivity index (χ2n) is 6.06. The second kappa shape index (κ2) is 5.04. The number of aliphatic hydroxyl groups is 1. The van der Waals surface area contributed by atoms with E-state index in [1.54, 1.807) is 46.1 Å². The van der Waals surface area contributed by atoms with Crippen LogP contribution in [-0.2, 0) is 18.9 Å². The first-order valence-electron chi connectivity index (χ1n) is 6.72. The van der Waals surface area contributed by atoms with Crippen molar-refractivity contribution in [2.75, 3.05) is 0 Å². The zero-order valence-electron chi connectivity index (χ0n) is 12.6. The van der Waals surface area contributed by atoms with Gasteiger partial charge in [0.25, 0.3) is 0 Å². The first-order chi connectivity index (χ1) is 9.65. The van der Waals surface area contributed by atoms with Crippen LogP contribution >= 0.6 is 0 Å². The molecule has 0 radical (unpaired) electrons. The highest BCUT2D eigenvalue weighted by Crippen LogP contribution is 2.31. The highest BCUT2D eigenvalue weighted by atomic mass is 16.4. The number of aromatic nitrogens is 2. The van der Waals surface area contributed by atoms with Crippen LogP contribution in [0.2, 0.25) is 0 Å². The predicted molar refractivity (Wildman–Crippen MR) is 79.2 cm³/mol. The minimum Gasteiger partial charge on any atom is -0.481 e. The zero-order chi connectivity index (χ0) is 15.9. The molecule has 1 heterocycles. The molecule has 1 unspecified atom stereocenters. The first kappa shape index (κ1) is 15.3. The topological polar surface area (TPSA) is 84.5 Å². The molecular weight excluding hydrogens is 272 g/mol. The van der Waals surface area contributed by atoms with Crippen LogP contribution in [0.15, 0.2) is 23.0 Å². The lowest BCUT2D eigenvalue weighted by Gasteiger charge is -2.23. The fraction of sp³-hybridized carbons (Fsp3) is 0.467. The summed E-state index contributed by atoms with van der Waals surface area (Å²) in [5, 5.41) is 19.4. The van der Waals surface area contributed by atoms with Gasteiger partial charge in [-0.15, -0.1) is 0 Å². The lowest BCUT2D eigenvalue weighted by atomic mass is 9.85. The molecule has 0 bridgehead atoms. The molecule has 0 aliphatic heterocycles. The molecule has 1 aromatic carbocycles. The summed E-state index contributed by atoms with van der Waals surface area (Å²) in [6, 6.07) is 5.23. The van der Waals surface area contributed by atoms with Crippen molar-refractivity contribution in [2.45, 2.75) is 26.4 Å². The number of hydrogen-bond acceptors (Lipinski definition) is 3. The molecule has 0 aliphatic rings. The maximum atomic E-state index is 11.9. The molecule has 0 fully saturated rings. The van der Waals surface area contributed by atoms with Crippen molar-refractivity contribution in [1.82, 2.24) is 9.13 Å². The van der Waals surface area contributed by atoms with Crippen LogP contribution in [0.5, 0.6) is 0 Å². The second-order valence-corrected chi connectivity index (χ2v) is 6.06. The molecule has 0 saturated heterocycles. The molecule has 114 valence electrons. The van der Waals surface area contributed by atoms with E-state index in [9.17, 15) is 14.7 Å². The smallest absolute Gasteiger partial charge is 0.328 e. The third kappa shape index (κ3) is 2.58. The molecule has 0 aliphatic carbocycles. The van der Waals surface area contributed by atoms with Gasteiger partial charge in [0, 0.05) is 14.1 Å². The Labute approximate surface area is 122 Å². The molecule has 0 saturated carbocycles. The third-order valence-corrected chi connectivity index (χ3v) is 3.96. The molecule has 1 atom stereocenters. The van der Waals surface area contributed by atoms with E-state index in [-0.39, 0.29) is 12.1 Å². The van der Waals surface area contributed by atoms with Crippen LogP contribution in [0, 0.1) is 5.41 Å². The average molecular weight is 292 g/mol. The average Bonchev–Trinajstić information content (AvgIpc) is 2.63. The van der Waals surface area contributed by atoms with E-state index in [4.69, 9.17) is 5.11 Å². The Morgan fingerprint density at radius 1 is 1.24 bits per heavy atom. The molecule has 2 rings (SSSR count). The number of hydrogen-bond donors (Lipinski definition) is 2. The third-order valence-electron chi connectivity index (χ3n) is 3.96. The van der Waals surface area contributed by atoms with Crippen LogP contribution in [0.25, 0.3) is 11.0 Å². The van der Waals surface area contributed by atoms with Crippen molar-refractivity contribution >= 4 is 17.0 Å². The van der Waals surface area contributed by atoms with Gasteiger partial charge < -0.3 is 10.2 Å². The number of fused-ring (bicyclic) bond motifs is 1. The van der Waals surface area contributed by atoms with Crippen LogP contribution < -0.4 is 5.69 Å². The SMILES string of the molecule is Cn1c(=O)n(C)c2cc(C(O)CC(C)(C)C(=O)O)ccc21. The highest BCUT2D eigenvalue weighted by molar-refractivity contribution is 5.77. The Morgan fingerprint density at radius 3 is 2.38 bits per heavy atom. The van der Waals surface area contributed by atoms with Crippen LogP contribution in [0.1, 0.15) is 31.9 Å². The van der Waals surface area contributed by atoms with Gasteiger partial charge in [0.05, 0.1) is 22.6 Å². The summed E-state index contributed by atoms with van der Waals surface area (Å²) in [7, 11) is 3.36. The number of nitrogens with zero attached hydrogens (tertiary/aromatic N) is 2. The lowest BCUT2D eigenvalue weighted by molar-refractivity contribution is -0.148. The van der Waals surface area contributed by atoms with Gasteiger partial charge in [0.1, 0.15) is 0 Å². The van der Waals surface area contributed by atoms with Crippen molar-refractivity contribution in [1.29, 1.82) is 0 Å². The number of imidazole rings is 1. The molecule has 6 nitrogen and oxygen atoms in total. The summed E-state index contributed by atoms with van der Waals surface area (Å²) in [5.74, 6) is -0.949. The Morgan fingerprint density at radius 2 is 1.81 bits per heavy atom. The molecule has 6 heteroatoms. The quantitative estimate of drug-likeness (QED) is 0.892. The van der Waals surface area contributed by atoms with E-state index < -0.39 is 17.5 Å². The molecule has 0 spiro atoms. The number of carboxylic acids is 1. The summed E-state index contributed by atoms with van der Waals surface area (Å²) in [6.07, 6.45) is -0.787. The van der Waals surface area contributed by atoms with Crippen molar-refractivity contribution < 1.29 is 15.0 Å². The van der Waals surface area contributed by atoms with Gasteiger partial charge >= 0.3 is 11.7 Å². The molecular formula is C15H20N2O4. The number of carbonyl (C=O) groups is 1. The lowest BCUT2D eigenvalue weighted by Crippen LogP contribution is -2.26. The summed E-state index contributed by atoms with van der Waals surface area (Å²) < 4.78 is 3.04. The van der Waals surface area contributed by atoms with Crippen molar-refractivity contribution in [3.8, 4) is 0 Å². The number of benzene rings is 1. The Bertz CT molecular complexity index is 755. The van der Waals surface area contributed by atoms with E-state index in [1.165, 1.54) is 9.13 Å². The van der Waals surface area contributed by atoms with Crippen LogP contribution in [-0.4, -0.2) is 25.3 Å². The van der Waals surface area contributed by atoms with Crippen molar-refractivity contribution in [3.63, 3.8) is 0 Å². The maximum absolute atomic E-state index is 11.9. The van der Waals surface area contributed by atoms with E-state index >= 15 is 0 Å². The molecule has 21 heavy (non-hydrogen) atoms. The van der Waals surface area contributed by atoms with E-state index in [1.807, 2.05) is 0 Å². The number of carboxylic acid groups (broad SMARTS) is 1. The number of aliphatic carboxylic acids is 1. The minimum absolute atomic E-state index is 0.106. The van der Waals surface area contributed by atoms with Crippen molar-refractivity contribution in [3.05, 3.63) is 34.2 Å². The highest BCUT2D eigenvalue weighted by Gasteiger charge is 2.30. The van der Waals surface area contributed by atoms with Gasteiger partial charge in [-0.05, 0) is 38.0 Å². The maximum Gasteiger partial charge on any atom is 0.328 e. The normalized spacial score (nSPS) is 13.6. The molecule has 0 amide bonds. The number of aryl methyl sites for hydroxylation is 2. The number of rotatable bonds is 4. The van der Waals surface area contributed by atoms with Gasteiger partial charge in [-0.25, -0.2) is 4.79 Å². The predicted octanol–water partition coefficient (Wildman–Crippen LogP) is 1.41. The van der Waals surface area contributed by atoms with E-state index in [0.29, 0.717) is 11.1 Å². The van der Waals surface area contributed by atoms with Crippen LogP contribution in [0.3, 0.4) is 0 Å². The zero-order valence-corrected chi connectivity index (χ0v) is 12.6. The fourth-order valence-corrected chi connectivity index (χ4v) is 2.42. The van der Waals surface area contributed by atoms with Crippen molar-refractivity contribution in [2.24, 2.45) is 19.5 Å². The Hall–Kier alpha value is -2.08. The standard InChI is InChI=1S/C15H20N2O4/c1-15(2,13(19)20)8-12(18)9-5-6-10-11(7-9)17(4)14(21)16(10)3/h5-7,12,18H,8H2,1-4H3,(H,19,20). The van der Waals surface area contributed by atoms with Gasteiger partial charge in [-0.2, -0.15) is 0 Å². The van der Waals surface area contributed by atoms with E-state index in [2.05, 4.69) is 0 Å². The number of aliphatic hydroxyl groups excluding tert-OH is 1. The largest absolute Gasteiger partial charge is 0.481 e. The summed E-state index contributed by atoms with van der Waals surface area (Å²) in [4.78, 5) is 23.0. The van der Waals surface area contributed by atoms with Crippen LogP contribution in [0.4, 0.5) is 0 Å².